The zero-order valence-electron chi connectivity index (χ0n) is 12.7. The minimum atomic E-state index is -0.652. The fraction of sp³-hybridized carbons (Fsp3) is 0.812. The van der Waals surface area contributed by atoms with Gasteiger partial charge in [0.05, 0.1) is 11.7 Å². The van der Waals surface area contributed by atoms with Crippen LogP contribution < -0.4 is 0 Å². The smallest absolute Gasteiger partial charge is 0.312 e. The van der Waals surface area contributed by atoms with Crippen molar-refractivity contribution in [2.24, 2.45) is 10.8 Å². The third-order valence-corrected chi connectivity index (χ3v) is 5.85. The molecule has 0 aromatic heterocycles. The summed E-state index contributed by atoms with van der Waals surface area (Å²) >= 11 is 5.85. The second kappa shape index (κ2) is 5.17. The number of carbonyl (C=O) groups excluding carboxylic acids is 1. The number of alkyl halides is 1. The van der Waals surface area contributed by atoms with E-state index in [2.05, 4.69) is 0 Å². The Morgan fingerprint density at radius 1 is 1.43 bits per heavy atom. The monoisotopic (exact) mass is 314 g/mol. The molecule has 0 aromatic rings. The average Bonchev–Trinajstić information content (AvgIpc) is 2.71. The van der Waals surface area contributed by atoms with Crippen LogP contribution in [0.15, 0.2) is 12.3 Å². The molecule has 2 heterocycles. The molecular formula is C16H23ClO4. The SMILES string of the molecule is CC(C)(CCl)C(=O)OC[C@@]12CCCC[C@@]13C=CO[C@@H](C2)O3. The minimum Gasteiger partial charge on any atom is -0.473 e. The van der Waals surface area contributed by atoms with E-state index in [1.165, 1.54) is 0 Å². The fourth-order valence-electron chi connectivity index (χ4n) is 3.70. The molecule has 1 aliphatic carbocycles. The molecule has 0 amide bonds. The predicted molar refractivity (Wildman–Crippen MR) is 78.8 cm³/mol. The Balaban J connectivity index is 1.77. The zero-order valence-corrected chi connectivity index (χ0v) is 13.4. The lowest BCUT2D eigenvalue weighted by Crippen LogP contribution is -2.50. The van der Waals surface area contributed by atoms with Crippen LogP contribution in [-0.4, -0.2) is 30.3 Å². The third kappa shape index (κ3) is 2.36. The Hall–Kier alpha value is -0.740. The quantitative estimate of drug-likeness (QED) is 0.589. The maximum atomic E-state index is 12.2. The molecule has 1 saturated carbocycles. The van der Waals surface area contributed by atoms with Gasteiger partial charge in [-0.25, -0.2) is 0 Å². The molecule has 1 saturated heterocycles. The summed E-state index contributed by atoms with van der Waals surface area (Å²) in [5, 5.41) is 0. The number of fused-ring (bicyclic) bond motifs is 1. The maximum absolute atomic E-state index is 12.2. The summed E-state index contributed by atoms with van der Waals surface area (Å²) < 4.78 is 17.3. The highest BCUT2D eigenvalue weighted by molar-refractivity contribution is 6.19. The van der Waals surface area contributed by atoms with Crippen LogP contribution in [0, 0.1) is 10.8 Å². The first kappa shape index (κ1) is 15.2. The van der Waals surface area contributed by atoms with Gasteiger partial charge in [0.2, 0.25) is 6.29 Å². The van der Waals surface area contributed by atoms with Crippen molar-refractivity contribution < 1.29 is 19.0 Å². The van der Waals surface area contributed by atoms with Gasteiger partial charge in [0.15, 0.2) is 0 Å². The van der Waals surface area contributed by atoms with Gasteiger partial charge < -0.3 is 14.2 Å². The predicted octanol–water partition coefficient (Wildman–Crippen LogP) is 3.38. The van der Waals surface area contributed by atoms with Crippen molar-refractivity contribution in [3.8, 4) is 0 Å². The van der Waals surface area contributed by atoms with Gasteiger partial charge in [-0.2, -0.15) is 0 Å². The average molecular weight is 315 g/mol. The van der Waals surface area contributed by atoms with Crippen molar-refractivity contribution in [3.05, 3.63) is 12.3 Å². The molecule has 0 unspecified atom stereocenters. The first-order valence-corrected chi connectivity index (χ1v) is 8.21. The number of rotatable bonds is 4. The first-order valence-electron chi connectivity index (χ1n) is 7.67. The Morgan fingerprint density at radius 2 is 2.19 bits per heavy atom. The van der Waals surface area contributed by atoms with E-state index < -0.39 is 5.41 Å². The molecule has 3 rings (SSSR count). The lowest BCUT2D eigenvalue weighted by molar-refractivity contribution is -0.176. The second-order valence-electron chi connectivity index (χ2n) is 7.16. The van der Waals surface area contributed by atoms with Crippen molar-refractivity contribution in [2.45, 2.75) is 57.8 Å². The lowest BCUT2D eigenvalue weighted by atomic mass is 9.63. The molecule has 2 bridgehead atoms. The van der Waals surface area contributed by atoms with Gasteiger partial charge in [-0.15, -0.1) is 11.6 Å². The van der Waals surface area contributed by atoms with Gasteiger partial charge in [0.1, 0.15) is 12.2 Å². The summed E-state index contributed by atoms with van der Waals surface area (Å²) in [7, 11) is 0. The van der Waals surface area contributed by atoms with E-state index in [0.29, 0.717) is 6.61 Å². The van der Waals surface area contributed by atoms with Crippen LogP contribution in [0.5, 0.6) is 0 Å². The van der Waals surface area contributed by atoms with Crippen LogP contribution in [0.1, 0.15) is 46.0 Å². The van der Waals surface area contributed by atoms with E-state index in [-0.39, 0.29) is 29.2 Å². The molecule has 0 aromatic carbocycles. The van der Waals surface area contributed by atoms with Crippen molar-refractivity contribution in [3.63, 3.8) is 0 Å². The van der Waals surface area contributed by atoms with E-state index in [0.717, 1.165) is 32.1 Å². The van der Waals surface area contributed by atoms with E-state index in [9.17, 15) is 4.79 Å². The van der Waals surface area contributed by atoms with Gasteiger partial charge in [0.25, 0.3) is 0 Å². The van der Waals surface area contributed by atoms with Crippen LogP contribution in [0.2, 0.25) is 0 Å². The largest absolute Gasteiger partial charge is 0.473 e. The minimum absolute atomic E-state index is 0.152. The second-order valence-corrected chi connectivity index (χ2v) is 7.43. The van der Waals surface area contributed by atoms with E-state index in [4.69, 9.17) is 25.8 Å². The maximum Gasteiger partial charge on any atom is 0.312 e. The molecule has 0 N–H and O–H groups in total. The van der Waals surface area contributed by atoms with Crippen molar-refractivity contribution in [2.75, 3.05) is 12.5 Å². The van der Waals surface area contributed by atoms with Crippen molar-refractivity contribution in [1.29, 1.82) is 0 Å². The summed E-state index contributed by atoms with van der Waals surface area (Å²) in [6.45, 7) is 4.00. The molecule has 21 heavy (non-hydrogen) atoms. The van der Waals surface area contributed by atoms with Gasteiger partial charge in [-0.05, 0) is 32.8 Å². The van der Waals surface area contributed by atoms with E-state index in [1.54, 1.807) is 6.26 Å². The van der Waals surface area contributed by atoms with Crippen LogP contribution >= 0.6 is 11.6 Å². The van der Waals surface area contributed by atoms with Crippen LogP contribution in [0.3, 0.4) is 0 Å². The van der Waals surface area contributed by atoms with Gasteiger partial charge in [-0.1, -0.05) is 12.8 Å². The molecule has 3 aliphatic rings. The fourth-order valence-corrected chi connectivity index (χ4v) is 3.81. The molecule has 1 spiro atoms. The molecule has 2 aliphatic heterocycles. The molecule has 3 atom stereocenters. The topological polar surface area (TPSA) is 44.8 Å². The number of ether oxygens (including phenoxy) is 3. The molecule has 0 radical (unpaired) electrons. The Labute approximate surface area is 130 Å². The number of hydrogen-bond acceptors (Lipinski definition) is 4. The zero-order chi connectivity index (χ0) is 15.1. The van der Waals surface area contributed by atoms with E-state index >= 15 is 0 Å². The van der Waals surface area contributed by atoms with Crippen LogP contribution in [0.25, 0.3) is 0 Å². The summed E-state index contributed by atoms with van der Waals surface area (Å²) in [5.41, 5.74) is -1.12. The normalized spacial score (nSPS) is 37.8. The van der Waals surface area contributed by atoms with Gasteiger partial charge in [0, 0.05) is 17.7 Å². The number of esters is 1. The lowest BCUT2D eigenvalue weighted by Gasteiger charge is -2.45. The third-order valence-electron chi connectivity index (χ3n) is 5.18. The first-order chi connectivity index (χ1) is 9.93. The number of hydrogen-bond donors (Lipinski definition) is 0. The summed E-state index contributed by atoms with van der Waals surface area (Å²) in [5.74, 6) is 0.0190. The molecule has 5 heteroatoms. The Bertz CT molecular complexity index is 461. The van der Waals surface area contributed by atoms with Crippen molar-refractivity contribution in [1.82, 2.24) is 0 Å². The van der Waals surface area contributed by atoms with Crippen LogP contribution in [-0.2, 0) is 19.0 Å². The highest BCUT2D eigenvalue weighted by atomic mass is 35.5. The number of halogens is 1. The van der Waals surface area contributed by atoms with Gasteiger partial charge >= 0.3 is 5.97 Å². The highest BCUT2D eigenvalue weighted by Gasteiger charge is 2.62. The molecular weight excluding hydrogens is 292 g/mol. The molecule has 2 fully saturated rings. The standard InChI is InChI=1S/C16H23ClO4/c1-14(2,10-17)13(18)20-11-15-5-3-4-6-16(15)7-8-19-12(9-15)21-16/h7-8,12H,3-6,9-11H2,1-2H3/t12-,15+,16-/m1/s1. The van der Waals surface area contributed by atoms with Gasteiger partial charge in [-0.3, -0.25) is 4.79 Å². The molecule has 118 valence electrons. The summed E-state index contributed by atoms with van der Waals surface area (Å²) in [6.07, 6.45) is 8.62. The van der Waals surface area contributed by atoms with Crippen LogP contribution in [0.4, 0.5) is 0 Å². The Morgan fingerprint density at radius 3 is 2.95 bits per heavy atom. The molecule has 4 nitrogen and oxygen atoms in total. The van der Waals surface area contributed by atoms with Crippen molar-refractivity contribution >= 4 is 17.6 Å². The number of carbonyl (C=O) groups is 1. The van der Waals surface area contributed by atoms with E-state index in [1.807, 2.05) is 19.9 Å². The summed E-state index contributed by atoms with van der Waals surface area (Å²) in [6, 6.07) is 0. The Kier molecular flexibility index (Phi) is 3.73. The highest BCUT2D eigenvalue weighted by Crippen LogP contribution is 2.58. The summed E-state index contributed by atoms with van der Waals surface area (Å²) in [4.78, 5) is 12.2.